The molecule has 2 heterocycles. The maximum Gasteiger partial charge on any atom is 0.247 e. The maximum atomic E-state index is 11.0. The Labute approximate surface area is 116 Å². The Bertz CT molecular complexity index is 558. The molecule has 0 amide bonds. The van der Waals surface area contributed by atoms with E-state index in [1.165, 1.54) is 6.07 Å². The lowest BCUT2D eigenvalue weighted by atomic mass is 10.2. The van der Waals surface area contributed by atoms with Crippen LogP contribution in [0.2, 0.25) is 0 Å². The van der Waals surface area contributed by atoms with Crippen LogP contribution in [0, 0.1) is 0 Å². The molecule has 0 aliphatic rings. The molecule has 6 heteroatoms. The summed E-state index contributed by atoms with van der Waals surface area (Å²) >= 11 is 1.57. The van der Waals surface area contributed by atoms with Crippen LogP contribution in [0.1, 0.15) is 37.7 Å². The molecule has 0 aliphatic heterocycles. The summed E-state index contributed by atoms with van der Waals surface area (Å²) in [7, 11) is 0. The molecule has 0 aliphatic carbocycles. The van der Waals surface area contributed by atoms with Gasteiger partial charge in [-0.1, -0.05) is 25.2 Å². The zero-order valence-electron chi connectivity index (χ0n) is 11.1. The number of aromatic nitrogens is 3. The van der Waals surface area contributed by atoms with Crippen LogP contribution in [0.5, 0.6) is 0 Å². The molecule has 2 rings (SSSR count). The van der Waals surface area contributed by atoms with Crippen LogP contribution in [0.25, 0.3) is 10.6 Å². The lowest BCUT2D eigenvalue weighted by molar-refractivity contribution is 0.513. The number of H-pyrrole nitrogens is 1. The van der Waals surface area contributed by atoms with E-state index < -0.39 is 0 Å². The van der Waals surface area contributed by atoms with Gasteiger partial charge in [-0.05, 0) is 25.5 Å². The van der Waals surface area contributed by atoms with Crippen molar-refractivity contribution in [1.82, 2.24) is 20.5 Å². The van der Waals surface area contributed by atoms with Gasteiger partial charge in [-0.3, -0.25) is 4.79 Å². The van der Waals surface area contributed by atoms with Gasteiger partial charge in [-0.25, -0.2) is 0 Å². The molecule has 102 valence electrons. The van der Waals surface area contributed by atoms with Crippen molar-refractivity contribution >= 4 is 11.3 Å². The van der Waals surface area contributed by atoms with Crippen LogP contribution in [-0.2, 0) is 0 Å². The summed E-state index contributed by atoms with van der Waals surface area (Å²) in [6.45, 7) is 5.26. The van der Waals surface area contributed by atoms with E-state index in [9.17, 15) is 4.79 Å². The summed E-state index contributed by atoms with van der Waals surface area (Å²) in [5, 5.41) is 13.7. The summed E-state index contributed by atoms with van der Waals surface area (Å²) in [6.07, 6.45) is 3.76. The number of hydrogen-bond donors (Lipinski definition) is 2. The second-order valence-electron chi connectivity index (χ2n) is 4.30. The third kappa shape index (κ3) is 3.48. The summed E-state index contributed by atoms with van der Waals surface area (Å²) in [5.74, 6) is 0. The van der Waals surface area contributed by atoms with Gasteiger partial charge in [-0.2, -0.15) is 0 Å². The predicted octanol–water partition coefficient (Wildman–Crippen LogP) is 2.34. The van der Waals surface area contributed by atoms with Gasteiger partial charge in [0.15, 0.2) is 0 Å². The molecule has 0 saturated carbocycles. The van der Waals surface area contributed by atoms with E-state index in [1.54, 1.807) is 23.6 Å². The lowest BCUT2D eigenvalue weighted by Gasteiger charge is -2.12. The standard InChI is InChI=1S/C13H18N4OS/c1-3-7-14-10(4-2)13-17-16-12(19-13)9-5-6-11(18)15-8-9/h5-6,8,10,14H,3-4,7H2,1-2H3,(H,15,18). The quantitative estimate of drug-likeness (QED) is 0.851. The van der Waals surface area contributed by atoms with Crippen molar-refractivity contribution in [3.8, 4) is 10.6 Å². The fourth-order valence-corrected chi connectivity index (χ4v) is 2.76. The Morgan fingerprint density at radius 3 is 2.84 bits per heavy atom. The third-order valence-corrected chi connectivity index (χ3v) is 3.90. The van der Waals surface area contributed by atoms with E-state index in [2.05, 4.69) is 34.3 Å². The molecule has 1 unspecified atom stereocenters. The van der Waals surface area contributed by atoms with Crippen LogP contribution < -0.4 is 10.9 Å². The Morgan fingerprint density at radius 2 is 2.21 bits per heavy atom. The molecule has 0 saturated heterocycles. The van der Waals surface area contributed by atoms with Gasteiger partial charge in [0.05, 0.1) is 6.04 Å². The largest absolute Gasteiger partial charge is 0.328 e. The van der Waals surface area contributed by atoms with Crippen LogP contribution in [0.15, 0.2) is 23.1 Å². The second-order valence-corrected chi connectivity index (χ2v) is 5.31. The Balaban J connectivity index is 2.17. The number of aromatic amines is 1. The van der Waals surface area contributed by atoms with Gasteiger partial charge in [0.25, 0.3) is 0 Å². The topological polar surface area (TPSA) is 70.7 Å². The highest BCUT2D eigenvalue weighted by Crippen LogP contribution is 2.27. The molecule has 0 fully saturated rings. The predicted molar refractivity (Wildman–Crippen MR) is 77.3 cm³/mol. The van der Waals surface area contributed by atoms with E-state index in [-0.39, 0.29) is 11.6 Å². The van der Waals surface area contributed by atoms with Gasteiger partial charge in [-0.15, -0.1) is 10.2 Å². The van der Waals surface area contributed by atoms with Crippen molar-refractivity contribution in [1.29, 1.82) is 0 Å². The summed E-state index contributed by atoms with van der Waals surface area (Å²) in [6, 6.07) is 3.53. The fourth-order valence-electron chi connectivity index (χ4n) is 1.76. The van der Waals surface area contributed by atoms with E-state index in [4.69, 9.17) is 0 Å². The van der Waals surface area contributed by atoms with Crippen LogP contribution in [0.4, 0.5) is 0 Å². The minimum Gasteiger partial charge on any atom is -0.328 e. The van der Waals surface area contributed by atoms with E-state index in [1.807, 2.05) is 0 Å². The first-order valence-corrected chi connectivity index (χ1v) is 7.32. The molecule has 19 heavy (non-hydrogen) atoms. The summed E-state index contributed by atoms with van der Waals surface area (Å²) in [4.78, 5) is 13.7. The molecular weight excluding hydrogens is 260 g/mol. The number of nitrogens with one attached hydrogen (secondary N) is 2. The molecule has 5 nitrogen and oxygen atoms in total. The minimum atomic E-state index is -0.107. The minimum absolute atomic E-state index is 0.107. The van der Waals surface area contributed by atoms with Gasteiger partial charge in [0.1, 0.15) is 10.0 Å². The first kappa shape index (κ1) is 13.9. The van der Waals surface area contributed by atoms with Crippen molar-refractivity contribution in [3.05, 3.63) is 33.7 Å². The summed E-state index contributed by atoms with van der Waals surface area (Å²) < 4.78 is 0. The van der Waals surface area contributed by atoms with Crippen LogP contribution >= 0.6 is 11.3 Å². The van der Waals surface area contributed by atoms with Crippen molar-refractivity contribution in [3.63, 3.8) is 0 Å². The number of hydrogen-bond acceptors (Lipinski definition) is 5. The van der Waals surface area contributed by atoms with Crippen molar-refractivity contribution in [2.24, 2.45) is 0 Å². The van der Waals surface area contributed by atoms with Crippen molar-refractivity contribution < 1.29 is 0 Å². The average Bonchev–Trinajstić information content (AvgIpc) is 2.90. The van der Waals surface area contributed by atoms with Gasteiger partial charge < -0.3 is 10.3 Å². The highest BCUT2D eigenvalue weighted by atomic mass is 32.1. The molecule has 0 spiro atoms. The maximum absolute atomic E-state index is 11.0. The van der Waals surface area contributed by atoms with Gasteiger partial charge >= 0.3 is 0 Å². The molecule has 2 N–H and O–H groups in total. The molecule has 0 bridgehead atoms. The highest BCUT2D eigenvalue weighted by Gasteiger charge is 2.14. The molecular formula is C13H18N4OS. The third-order valence-electron chi connectivity index (χ3n) is 2.82. The smallest absolute Gasteiger partial charge is 0.247 e. The first-order valence-electron chi connectivity index (χ1n) is 6.50. The first-order chi connectivity index (χ1) is 9.24. The van der Waals surface area contributed by atoms with Crippen molar-refractivity contribution in [2.75, 3.05) is 6.54 Å². The number of pyridine rings is 1. The number of rotatable bonds is 6. The van der Waals surface area contributed by atoms with Crippen LogP contribution in [0.3, 0.4) is 0 Å². The summed E-state index contributed by atoms with van der Waals surface area (Å²) in [5.41, 5.74) is 0.790. The SMILES string of the molecule is CCCNC(CC)c1nnc(-c2ccc(=O)[nH]c2)s1. The molecule has 2 aromatic rings. The van der Waals surface area contributed by atoms with Crippen molar-refractivity contribution in [2.45, 2.75) is 32.7 Å². The highest BCUT2D eigenvalue weighted by molar-refractivity contribution is 7.14. The average molecular weight is 278 g/mol. The monoisotopic (exact) mass is 278 g/mol. The Kier molecular flexibility index (Phi) is 4.81. The van der Waals surface area contributed by atoms with Gasteiger partial charge in [0.2, 0.25) is 5.56 Å². The second kappa shape index (κ2) is 6.58. The molecule has 1 atom stereocenters. The van der Waals surface area contributed by atoms with E-state index in [0.717, 1.165) is 35.0 Å². The van der Waals surface area contributed by atoms with Crippen LogP contribution in [-0.4, -0.2) is 21.7 Å². The molecule has 2 aromatic heterocycles. The lowest BCUT2D eigenvalue weighted by Crippen LogP contribution is -2.21. The molecule has 0 radical (unpaired) electrons. The molecule has 0 aromatic carbocycles. The normalized spacial score (nSPS) is 12.5. The van der Waals surface area contributed by atoms with Gasteiger partial charge in [0, 0.05) is 17.8 Å². The van der Waals surface area contributed by atoms with E-state index in [0.29, 0.717) is 0 Å². The Morgan fingerprint density at radius 1 is 1.37 bits per heavy atom. The zero-order valence-corrected chi connectivity index (χ0v) is 12.0. The fraction of sp³-hybridized carbons (Fsp3) is 0.462. The van der Waals surface area contributed by atoms with E-state index >= 15 is 0 Å². The number of nitrogens with zero attached hydrogens (tertiary/aromatic N) is 2. The zero-order chi connectivity index (χ0) is 13.7. The Hall–Kier alpha value is -1.53.